The first kappa shape index (κ1) is 25.2. The van der Waals surface area contributed by atoms with Gasteiger partial charge in [-0.3, -0.25) is 25.1 Å². The smallest absolute Gasteiger partial charge is 0.273 e. The van der Waals surface area contributed by atoms with Gasteiger partial charge in [-0.2, -0.15) is 0 Å². The maximum absolute atomic E-state index is 13.9. The summed E-state index contributed by atoms with van der Waals surface area (Å²) in [6, 6.07) is 18.9. The number of nitro groups is 1. The lowest BCUT2D eigenvalue weighted by Crippen LogP contribution is -2.46. The largest absolute Gasteiger partial charge is 0.369 e. The van der Waals surface area contributed by atoms with Gasteiger partial charge in [0.25, 0.3) is 11.6 Å². The van der Waals surface area contributed by atoms with E-state index in [4.69, 9.17) is 12.2 Å². The third-order valence-electron chi connectivity index (χ3n) is 6.11. The summed E-state index contributed by atoms with van der Waals surface area (Å²) in [6.45, 7) is 5.55. The van der Waals surface area contributed by atoms with E-state index in [2.05, 4.69) is 20.4 Å². The SMILES string of the molecule is Cc1ccc(C(=O)NC(=S)Nc2ccc(N3CCN(Cc4ccccc4F)CC3)cc2)cc1[N+](=O)[O-]. The fraction of sp³-hybridized carbons (Fsp3) is 0.231. The quantitative estimate of drug-likeness (QED) is 0.289. The van der Waals surface area contributed by atoms with Crippen molar-refractivity contribution in [1.82, 2.24) is 10.2 Å². The van der Waals surface area contributed by atoms with Crippen LogP contribution in [0.2, 0.25) is 0 Å². The van der Waals surface area contributed by atoms with E-state index >= 15 is 0 Å². The fourth-order valence-corrected chi connectivity index (χ4v) is 4.28. The normalized spacial score (nSPS) is 13.8. The van der Waals surface area contributed by atoms with E-state index in [0.717, 1.165) is 31.9 Å². The van der Waals surface area contributed by atoms with Crippen molar-refractivity contribution in [2.45, 2.75) is 13.5 Å². The highest BCUT2D eigenvalue weighted by Gasteiger charge is 2.19. The number of benzene rings is 3. The van der Waals surface area contributed by atoms with Gasteiger partial charge in [0.1, 0.15) is 5.82 Å². The molecule has 0 spiro atoms. The van der Waals surface area contributed by atoms with Crippen molar-refractivity contribution in [3.8, 4) is 0 Å². The lowest BCUT2D eigenvalue weighted by Gasteiger charge is -2.36. The van der Waals surface area contributed by atoms with Crippen LogP contribution in [0.5, 0.6) is 0 Å². The summed E-state index contributed by atoms with van der Waals surface area (Å²) in [5.41, 5.74) is 2.99. The Hall–Kier alpha value is -3.89. The zero-order chi connectivity index (χ0) is 25.7. The van der Waals surface area contributed by atoms with Gasteiger partial charge >= 0.3 is 0 Å². The number of nitrogens with zero attached hydrogens (tertiary/aromatic N) is 3. The van der Waals surface area contributed by atoms with Gasteiger partial charge in [-0.1, -0.05) is 24.3 Å². The number of carbonyl (C=O) groups excluding carboxylic acids is 1. The zero-order valence-electron chi connectivity index (χ0n) is 19.7. The molecule has 0 atom stereocenters. The summed E-state index contributed by atoms with van der Waals surface area (Å²) in [6.07, 6.45) is 0. The summed E-state index contributed by atoms with van der Waals surface area (Å²) < 4.78 is 13.9. The Labute approximate surface area is 213 Å². The second-order valence-corrected chi connectivity index (χ2v) is 8.98. The van der Waals surface area contributed by atoms with Gasteiger partial charge in [-0.25, -0.2) is 4.39 Å². The van der Waals surface area contributed by atoms with Crippen LogP contribution < -0.4 is 15.5 Å². The van der Waals surface area contributed by atoms with Gasteiger partial charge in [-0.15, -0.1) is 0 Å². The first-order valence-electron chi connectivity index (χ1n) is 11.5. The Kier molecular flexibility index (Phi) is 7.87. The molecule has 8 nitrogen and oxygen atoms in total. The summed E-state index contributed by atoms with van der Waals surface area (Å²) in [7, 11) is 0. The Bertz CT molecular complexity index is 1280. The molecule has 0 bridgehead atoms. The average Bonchev–Trinajstić information content (AvgIpc) is 2.86. The lowest BCUT2D eigenvalue weighted by molar-refractivity contribution is -0.385. The molecule has 0 radical (unpaired) electrons. The number of carbonyl (C=O) groups is 1. The number of thiocarbonyl (C=S) groups is 1. The average molecular weight is 508 g/mol. The minimum atomic E-state index is -0.527. The van der Waals surface area contributed by atoms with Gasteiger partial charge in [0.15, 0.2) is 5.11 Å². The van der Waals surface area contributed by atoms with Crippen LogP contribution in [0.4, 0.5) is 21.5 Å². The highest BCUT2D eigenvalue weighted by Crippen LogP contribution is 2.21. The summed E-state index contributed by atoms with van der Waals surface area (Å²) in [4.78, 5) is 27.6. The van der Waals surface area contributed by atoms with Crippen LogP contribution in [0.3, 0.4) is 0 Å². The summed E-state index contributed by atoms with van der Waals surface area (Å²) >= 11 is 5.24. The molecule has 0 aliphatic carbocycles. The van der Waals surface area contributed by atoms with Gasteiger partial charge in [0, 0.05) is 66.9 Å². The number of nitrogens with one attached hydrogen (secondary N) is 2. The number of halogens is 1. The Morgan fingerprint density at radius 1 is 1.06 bits per heavy atom. The first-order valence-corrected chi connectivity index (χ1v) is 11.9. The molecule has 3 aromatic rings. The number of aryl methyl sites for hydroxylation is 1. The molecule has 3 aromatic carbocycles. The zero-order valence-corrected chi connectivity index (χ0v) is 20.6. The van der Waals surface area contributed by atoms with Crippen molar-refractivity contribution in [2.24, 2.45) is 0 Å². The molecule has 36 heavy (non-hydrogen) atoms. The third-order valence-corrected chi connectivity index (χ3v) is 6.31. The monoisotopic (exact) mass is 507 g/mol. The Morgan fingerprint density at radius 2 is 1.75 bits per heavy atom. The van der Waals surface area contributed by atoms with Crippen molar-refractivity contribution in [3.05, 3.63) is 99.4 Å². The molecule has 1 fully saturated rings. The minimum Gasteiger partial charge on any atom is -0.369 e. The summed E-state index contributed by atoms with van der Waals surface area (Å²) in [5.74, 6) is -0.697. The highest BCUT2D eigenvalue weighted by molar-refractivity contribution is 7.80. The highest BCUT2D eigenvalue weighted by atomic mass is 32.1. The van der Waals surface area contributed by atoms with Crippen molar-refractivity contribution in [1.29, 1.82) is 0 Å². The second-order valence-electron chi connectivity index (χ2n) is 8.57. The molecule has 0 aromatic heterocycles. The maximum Gasteiger partial charge on any atom is 0.273 e. The van der Waals surface area contributed by atoms with Gasteiger partial charge < -0.3 is 10.2 Å². The van der Waals surface area contributed by atoms with E-state index in [0.29, 0.717) is 23.4 Å². The standard InChI is InChI=1S/C26H26FN5O3S/c1-18-6-7-19(16-24(18)32(34)35)25(33)29-26(36)28-21-8-10-22(11-9-21)31-14-12-30(13-15-31)17-20-4-2-3-5-23(20)27/h2-11,16H,12-15,17H2,1H3,(H2,28,29,33,36). The Balaban J connectivity index is 1.28. The topological polar surface area (TPSA) is 90.8 Å². The van der Waals surface area contributed by atoms with Gasteiger partial charge in [-0.05, 0) is 55.5 Å². The van der Waals surface area contributed by atoms with Crippen LogP contribution in [0.15, 0.2) is 66.7 Å². The van der Waals surface area contributed by atoms with Gasteiger partial charge in [0.2, 0.25) is 0 Å². The molecule has 10 heteroatoms. The van der Waals surface area contributed by atoms with Crippen LogP contribution in [0.1, 0.15) is 21.5 Å². The van der Waals surface area contributed by atoms with Crippen LogP contribution >= 0.6 is 12.2 Å². The molecule has 1 aliphatic heterocycles. The molecule has 0 unspecified atom stereocenters. The molecule has 1 saturated heterocycles. The number of anilines is 2. The molecule has 186 valence electrons. The molecule has 1 aliphatic rings. The Morgan fingerprint density at radius 3 is 2.42 bits per heavy atom. The molecule has 0 saturated carbocycles. The van der Waals surface area contributed by atoms with Crippen molar-refractivity contribution < 1.29 is 14.1 Å². The number of hydrogen-bond donors (Lipinski definition) is 2. The number of hydrogen-bond acceptors (Lipinski definition) is 6. The predicted molar refractivity (Wildman–Crippen MR) is 142 cm³/mol. The van der Waals surface area contributed by atoms with Crippen LogP contribution in [-0.4, -0.2) is 47.0 Å². The molecule has 1 heterocycles. The molecule has 4 rings (SSSR count). The second kappa shape index (κ2) is 11.2. The van der Waals surface area contributed by atoms with Crippen LogP contribution in [0, 0.1) is 22.9 Å². The van der Waals surface area contributed by atoms with E-state index in [1.54, 1.807) is 13.0 Å². The number of rotatable bonds is 6. The van der Waals surface area contributed by atoms with E-state index in [1.807, 2.05) is 36.4 Å². The molecular formula is C26H26FN5O3S. The minimum absolute atomic E-state index is 0.0951. The van der Waals surface area contributed by atoms with E-state index in [1.165, 1.54) is 24.3 Å². The first-order chi connectivity index (χ1) is 17.3. The van der Waals surface area contributed by atoms with E-state index < -0.39 is 10.8 Å². The fourth-order valence-electron chi connectivity index (χ4n) is 4.07. The van der Waals surface area contributed by atoms with Crippen LogP contribution in [0.25, 0.3) is 0 Å². The van der Waals surface area contributed by atoms with E-state index in [9.17, 15) is 19.3 Å². The van der Waals surface area contributed by atoms with Crippen molar-refractivity contribution in [3.63, 3.8) is 0 Å². The summed E-state index contributed by atoms with van der Waals surface area (Å²) in [5, 5.41) is 16.7. The van der Waals surface area contributed by atoms with E-state index in [-0.39, 0.29) is 22.2 Å². The van der Waals surface area contributed by atoms with Crippen molar-refractivity contribution in [2.75, 3.05) is 36.4 Å². The van der Waals surface area contributed by atoms with Crippen LogP contribution in [-0.2, 0) is 6.54 Å². The van der Waals surface area contributed by atoms with Crippen molar-refractivity contribution >= 4 is 40.3 Å². The van der Waals surface area contributed by atoms with Gasteiger partial charge in [0.05, 0.1) is 4.92 Å². The lowest BCUT2D eigenvalue weighted by atomic mass is 10.1. The third kappa shape index (κ3) is 6.21. The number of piperazine rings is 1. The number of nitro benzene ring substituents is 1. The molecule has 1 amide bonds. The molecular weight excluding hydrogens is 481 g/mol. The molecule has 2 N–H and O–H groups in total. The maximum atomic E-state index is 13.9. The predicted octanol–water partition coefficient (Wildman–Crippen LogP) is 4.49. The number of amides is 1.